The summed E-state index contributed by atoms with van der Waals surface area (Å²) in [7, 11) is 0. The van der Waals surface area contributed by atoms with Gasteiger partial charge in [0.25, 0.3) is 0 Å². The molecule has 0 spiro atoms. The second kappa shape index (κ2) is 30.0. The molecule has 10 aromatic carbocycles. The van der Waals surface area contributed by atoms with Crippen molar-refractivity contribution >= 4 is 248 Å². The predicted molar refractivity (Wildman–Crippen MR) is 442 cm³/mol. The quantitative estimate of drug-likeness (QED) is 0.133. The minimum absolute atomic E-state index is 0. The third-order valence-corrected chi connectivity index (χ3v) is 72.5. The number of hydrogen-bond donors (Lipinski definition) is 0. The Morgan fingerprint density at radius 2 is 0.452 bits per heavy atom. The van der Waals surface area contributed by atoms with Crippen LogP contribution in [0.2, 0.25) is 54.4 Å². The first kappa shape index (κ1) is 72.4. The molecule has 0 radical (unpaired) electrons. The minimum atomic E-state index is -2.51. The Labute approximate surface area is 607 Å². The molecule has 0 unspecified atom stereocenters. The molecule has 0 atom stereocenters. The van der Waals surface area contributed by atoms with Crippen molar-refractivity contribution in [2.24, 2.45) is 0 Å². The first-order chi connectivity index (χ1) is 43.7. The van der Waals surface area contributed by atoms with E-state index in [1.165, 1.54) is 89.3 Å². The fourth-order valence-electron chi connectivity index (χ4n) is 14.3. The van der Waals surface area contributed by atoms with Gasteiger partial charge in [0, 0.05) is 0 Å². The summed E-state index contributed by atoms with van der Waals surface area (Å²) in [5, 5.41) is 0.827. The Kier molecular flexibility index (Phi) is 23.3. The van der Waals surface area contributed by atoms with Crippen LogP contribution in [0.4, 0.5) is 0 Å². The fraction of sp³-hybridized carbons (Fsp3) is 0.167. The molecule has 0 N–H and O–H groups in total. The van der Waals surface area contributed by atoms with E-state index < -0.39 is 91.9 Å². The molecule has 0 nitrogen and oxygen atoms in total. The van der Waals surface area contributed by atoms with Crippen molar-refractivity contribution in [3.8, 4) is 0 Å². The molecule has 93 heavy (non-hydrogen) atoms. The van der Waals surface area contributed by atoms with Gasteiger partial charge in [-0.15, -0.1) is 0 Å². The van der Waals surface area contributed by atoms with E-state index in [-0.39, 0.29) is 7.43 Å². The van der Waals surface area contributed by atoms with E-state index in [0.29, 0.717) is 0 Å². The van der Waals surface area contributed by atoms with Crippen molar-refractivity contribution in [1.29, 1.82) is 0 Å². The maximum absolute atomic E-state index is 6.15. The van der Waals surface area contributed by atoms with Crippen LogP contribution in [-0.2, 0) is 0 Å². The van der Waals surface area contributed by atoms with Crippen LogP contribution >= 0.6 is 59.4 Å². The first-order valence-electron chi connectivity index (χ1n) is 32.0. The van der Waals surface area contributed by atoms with E-state index >= 15 is 0 Å². The second-order valence-corrected chi connectivity index (χ2v) is 92.7. The van der Waals surface area contributed by atoms with E-state index in [2.05, 4.69) is 373 Å². The van der Waals surface area contributed by atoms with Gasteiger partial charge in [-0.3, -0.25) is 0 Å². The molecule has 0 bridgehead atoms. The SMILES string of the molecule is C.Cc1cc[c]2c(c1)C=Cc1cc(Br)cc[c]1[Sn]2([CH3])[CH3].Cc1cc[c]2c(c1)C=Cc1cc(Cl)cc[c]1[Sn]2([CH3])[CH3].Cc1cc[c]2c(c1)C=Cc1cccc[c]1[Sn]2([CH3])[CH3].[CH3][Sn]1([CH3])[c]2cc(Br)ccc2C=Cc2ccc(Br)c[c]21.[CH3][Sn]1([CH3])[c]2ccccc2C=Cc2cccc[c]21. The molecule has 470 valence electrons. The topological polar surface area (TPSA) is 0 Å². The summed E-state index contributed by atoms with van der Waals surface area (Å²) in [5.41, 5.74) is 18.0. The standard InChI is InChI=1S/C15H11Br.C15H11Cl.C15H12.C14H8Br2.C14H10.CH4.10CH3.5Sn/c2*1-12-4-2-5-13(10-12)8-9-14-6-3-7-15(16)11-14;1-13-6-5-9-15(12-13)11-10-14-7-3-2-4-8-14;15-13-7-3-11(4-8-13)1-2-12-5-9-14(16)10-6-12;1-3-7-13(8-4-1)11-12-14-9-5-2-6-10-14;;;;;;;;;;;;;;;;/h2*2-4,7-11H,1H3;2-7,10-12H,1H3;1-3,5,7-10H;1-7,9,11-12H;1H4;10*1H3;;;;;. The number of halogens is 4. The summed E-state index contributed by atoms with van der Waals surface area (Å²) in [6.07, 6.45) is 22.7. The van der Waals surface area contributed by atoms with Gasteiger partial charge in [0.15, 0.2) is 0 Å². The number of rotatable bonds is 0. The average Bonchev–Trinajstić information content (AvgIpc) is 1.74. The summed E-state index contributed by atoms with van der Waals surface area (Å²) in [6.45, 7) is 6.51. The van der Waals surface area contributed by atoms with Gasteiger partial charge in [0.1, 0.15) is 0 Å². The molecule has 5 aliphatic rings. The van der Waals surface area contributed by atoms with Crippen LogP contribution in [0.1, 0.15) is 79.8 Å². The normalized spacial score (nSPS) is 15.5. The number of fused-ring (bicyclic) bond motifs is 10. The van der Waals surface area contributed by atoms with E-state index in [9.17, 15) is 0 Å². The van der Waals surface area contributed by atoms with Crippen LogP contribution in [0.3, 0.4) is 0 Å². The summed E-state index contributed by atoms with van der Waals surface area (Å²) >= 11 is 4.76. The zero-order valence-electron chi connectivity index (χ0n) is 55.3. The zero-order chi connectivity index (χ0) is 65.5. The van der Waals surface area contributed by atoms with Gasteiger partial charge in [0.05, 0.1) is 0 Å². The molecule has 0 fully saturated rings. The number of benzene rings is 10. The fourth-order valence-corrected chi connectivity index (χ4v) is 60.6. The van der Waals surface area contributed by atoms with Crippen LogP contribution in [0.25, 0.3) is 60.8 Å². The molecule has 5 heterocycles. The summed E-state index contributed by atoms with van der Waals surface area (Å²) in [6, 6.07) is 74.0. The van der Waals surface area contributed by atoms with Gasteiger partial charge in [-0.05, 0) is 0 Å². The van der Waals surface area contributed by atoms with Crippen LogP contribution in [0.5, 0.6) is 0 Å². The molecule has 0 saturated carbocycles. The van der Waals surface area contributed by atoms with Crippen molar-refractivity contribution in [2.45, 2.75) is 77.6 Å². The Morgan fingerprint density at radius 3 is 0.796 bits per heavy atom. The van der Waals surface area contributed by atoms with Crippen molar-refractivity contribution in [2.75, 3.05) is 0 Å². The average molecular weight is 1960 g/mol. The zero-order valence-corrected chi connectivity index (χ0v) is 75.1. The molecule has 0 saturated heterocycles. The van der Waals surface area contributed by atoms with E-state index in [4.69, 9.17) is 11.6 Å². The van der Waals surface area contributed by atoms with E-state index in [1.807, 2.05) is 6.07 Å². The van der Waals surface area contributed by atoms with Crippen molar-refractivity contribution < 1.29 is 0 Å². The van der Waals surface area contributed by atoms with Gasteiger partial charge in [-0.1, -0.05) is 7.43 Å². The van der Waals surface area contributed by atoms with E-state index in [0.717, 1.165) is 5.02 Å². The monoisotopic (exact) mass is 1970 g/mol. The molecule has 0 aliphatic carbocycles. The molecule has 9 heteroatoms. The molecule has 15 rings (SSSR count). The Balaban J connectivity index is 0.000000127. The summed E-state index contributed by atoms with van der Waals surface area (Å²) in [5.74, 6) is 0. The van der Waals surface area contributed by atoms with Gasteiger partial charge in [0.2, 0.25) is 0 Å². The molecular formula is C84H86Br3ClSn5. The Morgan fingerprint density at radius 1 is 0.226 bits per heavy atom. The van der Waals surface area contributed by atoms with Gasteiger partial charge in [-0.2, -0.15) is 0 Å². The van der Waals surface area contributed by atoms with Crippen LogP contribution < -0.4 is 35.8 Å². The van der Waals surface area contributed by atoms with Gasteiger partial charge < -0.3 is 0 Å². The van der Waals surface area contributed by atoms with E-state index in [1.54, 1.807) is 32.2 Å². The number of aryl methyl sites for hydroxylation is 3. The molecule has 10 aromatic rings. The van der Waals surface area contributed by atoms with Gasteiger partial charge in [-0.25, -0.2) is 0 Å². The van der Waals surface area contributed by atoms with Gasteiger partial charge >= 0.3 is 609 Å². The summed E-state index contributed by atoms with van der Waals surface area (Å²) < 4.78 is 19.5. The van der Waals surface area contributed by atoms with Crippen molar-refractivity contribution in [3.63, 3.8) is 0 Å². The third kappa shape index (κ3) is 15.7. The van der Waals surface area contributed by atoms with Crippen molar-refractivity contribution in [3.05, 3.63) is 291 Å². The number of hydrogen-bond acceptors (Lipinski definition) is 0. The Bertz CT molecular complexity index is 4310. The summed E-state index contributed by atoms with van der Waals surface area (Å²) in [4.78, 5) is 25.1. The maximum atomic E-state index is 6.15. The molecule has 0 aromatic heterocycles. The molecule has 5 aliphatic heterocycles. The Hall–Kier alpha value is -3.38. The van der Waals surface area contributed by atoms with Crippen LogP contribution in [0.15, 0.2) is 214 Å². The molecular weight excluding hydrogens is 1880 g/mol. The first-order valence-corrected chi connectivity index (χ1v) is 77.5. The predicted octanol–water partition coefficient (Wildman–Crippen LogP) is 19.5. The molecule has 0 amide bonds. The van der Waals surface area contributed by atoms with Crippen LogP contribution in [-0.4, -0.2) is 91.9 Å². The second-order valence-electron chi connectivity index (χ2n) is 27.8. The third-order valence-electron chi connectivity index (χ3n) is 19.5. The van der Waals surface area contributed by atoms with Crippen LogP contribution in [0, 0.1) is 20.8 Å². The van der Waals surface area contributed by atoms with Crippen molar-refractivity contribution in [1.82, 2.24) is 0 Å².